The van der Waals surface area contributed by atoms with Crippen LogP contribution in [0.4, 0.5) is 0 Å². The standard InChI is InChI=1S/C17H21N3O/c1-3-17(21)19-13-5-4-6-14(10-13)20-11-18-15-9-12(2)7-8-16(15)20/h3,7-9,11,13-14H,1,4-6,10H2,2H3,(H,19,21)/t13-,14+/m1/s1. The van der Waals surface area contributed by atoms with Gasteiger partial charge in [0, 0.05) is 12.1 Å². The Morgan fingerprint density at radius 2 is 2.33 bits per heavy atom. The summed E-state index contributed by atoms with van der Waals surface area (Å²) in [6.07, 6.45) is 7.55. The molecular weight excluding hydrogens is 262 g/mol. The monoisotopic (exact) mass is 283 g/mol. The van der Waals surface area contributed by atoms with Crippen LogP contribution in [0.15, 0.2) is 37.2 Å². The molecule has 1 aliphatic carbocycles. The predicted molar refractivity (Wildman–Crippen MR) is 84.1 cm³/mol. The summed E-state index contributed by atoms with van der Waals surface area (Å²) < 4.78 is 2.26. The molecule has 21 heavy (non-hydrogen) atoms. The zero-order valence-electron chi connectivity index (χ0n) is 12.4. The van der Waals surface area contributed by atoms with E-state index in [-0.39, 0.29) is 11.9 Å². The number of fused-ring (bicyclic) bond motifs is 1. The molecule has 0 aliphatic heterocycles. The van der Waals surface area contributed by atoms with E-state index >= 15 is 0 Å². The third-order valence-corrected chi connectivity index (χ3v) is 4.30. The van der Waals surface area contributed by atoms with Crippen molar-refractivity contribution in [1.29, 1.82) is 0 Å². The number of rotatable bonds is 3. The van der Waals surface area contributed by atoms with Gasteiger partial charge in [-0.15, -0.1) is 0 Å². The van der Waals surface area contributed by atoms with Crippen molar-refractivity contribution >= 4 is 16.9 Å². The van der Waals surface area contributed by atoms with E-state index in [0.29, 0.717) is 6.04 Å². The van der Waals surface area contributed by atoms with Crippen LogP contribution in [-0.4, -0.2) is 21.5 Å². The fourth-order valence-electron chi connectivity index (χ4n) is 3.24. The molecule has 1 aliphatic rings. The van der Waals surface area contributed by atoms with Crippen molar-refractivity contribution in [2.24, 2.45) is 0 Å². The number of nitrogens with zero attached hydrogens (tertiary/aromatic N) is 2. The molecule has 0 spiro atoms. The Kier molecular flexibility index (Phi) is 3.78. The maximum atomic E-state index is 11.5. The Morgan fingerprint density at radius 3 is 3.14 bits per heavy atom. The first kappa shape index (κ1) is 13.9. The normalized spacial score (nSPS) is 22.1. The molecule has 1 saturated carbocycles. The highest BCUT2D eigenvalue weighted by Crippen LogP contribution is 2.31. The fraction of sp³-hybridized carbons (Fsp3) is 0.412. The zero-order valence-corrected chi connectivity index (χ0v) is 12.4. The van der Waals surface area contributed by atoms with Crippen molar-refractivity contribution in [2.45, 2.75) is 44.7 Å². The summed E-state index contributed by atoms with van der Waals surface area (Å²) in [7, 11) is 0. The Morgan fingerprint density at radius 1 is 1.48 bits per heavy atom. The van der Waals surface area contributed by atoms with Crippen molar-refractivity contribution in [3.8, 4) is 0 Å². The molecule has 3 rings (SSSR count). The van der Waals surface area contributed by atoms with Crippen LogP contribution in [0.5, 0.6) is 0 Å². The van der Waals surface area contributed by atoms with E-state index in [9.17, 15) is 4.79 Å². The van der Waals surface area contributed by atoms with Crippen molar-refractivity contribution in [3.05, 3.63) is 42.7 Å². The highest BCUT2D eigenvalue weighted by molar-refractivity contribution is 5.87. The first-order valence-corrected chi connectivity index (χ1v) is 7.53. The summed E-state index contributed by atoms with van der Waals surface area (Å²) >= 11 is 0. The van der Waals surface area contributed by atoms with Gasteiger partial charge in [-0.2, -0.15) is 0 Å². The third-order valence-electron chi connectivity index (χ3n) is 4.30. The van der Waals surface area contributed by atoms with Gasteiger partial charge in [-0.25, -0.2) is 4.98 Å². The summed E-state index contributed by atoms with van der Waals surface area (Å²) in [4.78, 5) is 16.0. The molecule has 2 aromatic rings. The van der Waals surface area contributed by atoms with Gasteiger partial charge in [0.15, 0.2) is 0 Å². The predicted octanol–water partition coefficient (Wildman–Crippen LogP) is 3.13. The van der Waals surface area contributed by atoms with Gasteiger partial charge in [-0.05, 0) is 56.4 Å². The smallest absolute Gasteiger partial charge is 0.243 e. The number of imidazole rings is 1. The van der Waals surface area contributed by atoms with Crippen LogP contribution < -0.4 is 5.32 Å². The van der Waals surface area contributed by atoms with Gasteiger partial charge in [-0.3, -0.25) is 4.79 Å². The van der Waals surface area contributed by atoms with E-state index in [1.54, 1.807) is 0 Å². The molecule has 0 radical (unpaired) electrons. The minimum absolute atomic E-state index is 0.0771. The van der Waals surface area contributed by atoms with E-state index in [4.69, 9.17) is 0 Å². The second-order valence-electron chi connectivity index (χ2n) is 5.87. The number of carbonyl (C=O) groups excluding carboxylic acids is 1. The minimum atomic E-state index is -0.0771. The van der Waals surface area contributed by atoms with Gasteiger partial charge in [-0.1, -0.05) is 12.6 Å². The van der Waals surface area contributed by atoms with E-state index in [1.165, 1.54) is 17.2 Å². The van der Waals surface area contributed by atoms with Gasteiger partial charge in [0.2, 0.25) is 5.91 Å². The van der Waals surface area contributed by atoms with Crippen LogP contribution in [0.1, 0.15) is 37.3 Å². The van der Waals surface area contributed by atoms with Crippen molar-refractivity contribution in [2.75, 3.05) is 0 Å². The Labute approximate surface area is 124 Å². The minimum Gasteiger partial charge on any atom is -0.350 e. The summed E-state index contributed by atoms with van der Waals surface area (Å²) in [5, 5.41) is 3.03. The van der Waals surface area contributed by atoms with Gasteiger partial charge >= 0.3 is 0 Å². The molecule has 4 nitrogen and oxygen atoms in total. The van der Waals surface area contributed by atoms with E-state index in [0.717, 1.165) is 31.2 Å². The molecule has 1 aromatic heterocycles. The number of benzene rings is 1. The summed E-state index contributed by atoms with van der Waals surface area (Å²) in [5.41, 5.74) is 3.46. The largest absolute Gasteiger partial charge is 0.350 e. The quantitative estimate of drug-likeness (QED) is 0.880. The molecule has 4 heteroatoms. The maximum absolute atomic E-state index is 11.5. The van der Waals surface area contributed by atoms with Gasteiger partial charge in [0.1, 0.15) is 0 Å². The molecule has 1 heterocycles. The number of aryl methyl sites for hydroxylation is 1. The van der Waals surface area contributed by atoms with E-state index < -0.39 is 0 Å². The topological polar surface area (TPSA) is 46.9 Å². The van der Waals surface area contributed by atoms with Gasteiger partial charge in [0.05, 0.1) is 17.4 Å². The lowest BCUT2D eigenvalue weighted by Gasteiger charge is -2.30. The first-order valence-electron chi connectivity index (χ1n) is 7.53. The molecule has 110 valence electrons. The number of nitrogens with one attached hydrogen (secondary N) is 1. The second kappa shape index (κ2) is 5.72. The average Bonchev–Trinajstić information content (AvgIpc) is 2.90. The van der Waals surface area contributed by atoms with Gasteiger partial charge < -0.3 is 9.88 Å². The molecular formula is C17H21N3O. The van der Waals surface area contributed by atoms with Gasteiger partial charge in [0.25, 0.3) is 0 Å². The highest BCUT2D eigenvalue weighted by Gasteiger charge is 2.24. The molecule has 2 atom stereocenters. The lowest BCUT2D eigenvalue weighted by atomic mass is 9.90. The van der Waals surface area contributed by atoms with E-state index in [2.05, 4.69) is 46.6 Å². The number of aromatic nitrogens is 2. The fourth-order valence-corrected chi connectivity index (χ4v) is 3.24. The molecule has 0 bridgehead atoms. The lowest BCUT2D eigenvalue weighted by molar-refractivity contribution is -0.117. The highest BCUT2D eigenvalue weighted by atomic mass is 16.1. The average molecular weight is 283 g/mol. The van der Waals surface area contributed by atoms with Crippen LogP contribution in [0, 0.1) is 6.92 Å². The van der Waals surface area contributed by atoms with E-state index in [1.807, 2.05) is 6.33 Å². The lowest BCUT2D eigenvalue weighted by Crippen LogP contribution is -2.37. The number of hydrogen-bond donors (Lipinski definition) is 1. The first-order chi connectivity index (χ1) is 10.2. The summed E-state index contributed by atoms with van der Waals surface area (Å²) in [6.45, 7) is 5.60. The number of amides is 1. The molecule has 0 saturated heterocycles. The molecule has 1 aromatic carbocycles. The van der Waals surface area contributed by atoms with Crippen LogP contribution in [0.2, 0.25) is 0 Å². The van der Waals surface area contributed by atoms with Crippen LogP contribution in [0.3, 0.4) is 0 Å². The third kappa shape index (κ3) is 2.84. The SMILES string of the molecule is C=CC(=O)N[C@@H]1CCC[C@H](n2cnc3cc(C)ccc32)C1. The van der Waals surface area contributed by atoms with Crippen LogP contribution in [-0.2, 0) is 4.79 Å². The molecule has 1 N–H and O–H groups in total. The van der Waals surface area contributed by atoms with Crippen molar-refractivity contribution in [3.63, 3.8) is 0 Å². The van der Waals surface area contributed by atoms with Crippen molar-refractivity contribution in [1.82, 2.24) is 14.9 Å². The Balaban J connectivity index is 1.81. The van der Waals surface area contributed by atoms with Crippen LogP contribution >= 0.6 is 0 Å². The Hall–Kier alpha value is -2.10. The summed E-state index contributed by atoms with van der Waals surface area (Å²) in [5.74, 6) is -0.0771. The second-order valence-corrected chi connectivity index (χ2v) is 5.87. The summed E-state index contributed by atoms with van der Waals surface area (Å²) in [6, 6.07) is 7.02. The number of hydrogen-bond acceptors (Lipinski definition) is 2. The molecule has 1 fully saturated rings. The molecule has 1 amide bonds. The maximum Gasteiger partial charge on any atom is 0.243 e. The zero-order chi connectivity index (χ0) is 14.8. The van der Waals surface area contributed by atoms with Crippen molar-refractivity contribution < 1.29 is 4.79 Å². The Bertz CT molecular complexity index is 674. The molecule has 0 unspecified atom stereocenters. The number of carbonyl (C=O) groups is 1. The van der Waals surface area contributed by atoms with Crippen LogP contribution in [0.25, 0.3) is 11.0 Å².